The maximum absolute atomic E-state index is 14.8. The van der Waals surface area contributed by atoms with Gasteiger partial charge in [0.05, 0.1) is 35.0 Å². The van der Waals surface area contributed by atoms with Gasteiger partial charge in [-0.2, -0.15) is 5.10 Å². The van der Waals surface area contributed by atoms with Crippen molar-refractivity contribution in [1.29, 1.82) is 0 Å². The van der Waals surface area contributed by atoms with Gasteiger partial charge >= 0.3 is 0 Å². The summed E-state index contributed by atoms with van der Waals surface area (Å²) in [6.07, 6.45) is 3.24. The first-order chi connectivity index (χ1) is 17.5. The van der Waals surface area contributed by atoms with Gasteiger partial charge in [0.2, 0.25) is 5.95 Å². The van der Waals surface area contributed by atoms with E-state index in [2.05, 4.69) is 25.5 Å². The lowest BCUT2D eigenvalue weighted by Crippen LogP contribution is -2.33. The molecule has 182 valence electrons. The maximum Gasteiger partial charge on any atom is 0.272 e. The highest BCUT2D eigenvalue weighted by Crippen LogP contribution is 2.25. The van der Waals surface area contributed by atoms with Crippen LogP contribution in [0.5, 0.6) is 0 Å². The number of H-pyrrole nitrogens is 1. The molecule has 6 rings (SSSR count). The first kappa shape index (κ1) is 22.3. The predicted molar refractivity (Wildman–Crippen MR) is 130 cm³/mol. The van der Waals surface area contributed by atoms with E-state index < -0.39 is 11.7 Å². The number of benzene rings is 2. The van der Waals surface area contributed by atoms with Gasteiger partial charge in [-0.15, -0.1) is 0 Å². The topological polar surface area (TPSA) is 113 Å². The molecule has 2 aromatic carbocycles. The summed E-state index contributed by atoms with van der Waals surface area (Å²) in [4.78, 5) is 35.8. The Bertz CT molecular complexity index is 1530. The number of carbonyl (C=O) groups is 1. The third kappa shape index (κ3) is 4.20. The SMILES string of the molecule is O=C(c1cc(Cc2n[nH]c(=O)c3ccccc23)ccc1F)N1Cc2cnc(NCC3CCO3)nc2C1. The monoisotopic (exact) mass is 486 g/mol. The van der Waals surface area contributed by atoms with Crippen LogP contribution in [0.1, 0.15) is 39.3 Å². The van der Waals surface area contributed by atoms with E-state index in [-0.39, 0.29) is 23.8 Å². The molecule has 10 heteroatoms. The number of fused-ring (bicyclic) bond motifs is 2. The largest absolute Gasteiger partial charge is 0.376 e. The third-order valence-corrected chi connectivity index (χ3v) is 6.63. The second-order valence-electron chi connectivity index (χ2n) is 9.03. The Balaban J connectivity index is 1.20. The molecule has 2 N–H and O–H groups in total. The number of carbonyl (C=O) groups excluding carboxylic acids is 1. The van der Waals surface area contributed by atoms with Gasteiger partial charge in [-0.05, 0) is 30.2 Å². The number of hydrogen-bond donors (Lipinski definition) is 2. The normalized spacial score (nSPS) is 16.6. The van der Waals surface area contributed by atoms with Gasteiger partial charge in [-0.3, -0.25) is 9.59 Å². The summed E-state index contributed by atoms with van der Waals surface area (Å²) < 4.78 is 20.2. The van der Waals surface area contributed by atoms with Crippen LogP contribution in [-0.4, -0.2) is 50.2 Å². The van der Waals surface area contributed by atoms with Crippen molar-refractivity contribution in [2.24, 2.45) is 0 Å². The molecular formula is C26H23FN6O3. The van der Waals surface area contributed by atoms with Crippen molar-refractivity contribution >= 4 is 22.6 Å². The minimum atomic E-state index is -0.590. The van der Waals surface area contributed by atoms with Crippen LogP contribution in [0.3, 0.4) is 0 Å². The summed E-state index contributed by atoms with van der Waals surface area (Å²) in [6, 6.07) is 11.7. The molecule has 0 aliphatic carbocycles. The van der Waals surface area contributed by atoms with Gasteiger partial charge in [-0.25, -0.2) is 19.5 Å². The number of aromatic nitrogens is 4. The average molecular weight is 487 g/mol. The Morgan fingerprint density at radius 2 is 2.03 bits per heavy atom. The molecule has 1 atom stereocenters. The Morgan fingerprint density at radius 1 is 1.19 bits per heavy atom. The lowest BCUT2D eigenvalue weighted by Gasteiger charge is -2.26. The minimum absolute atomic E-state index is 0.0116. The van der Waals surface area contributed by atoms with E-state index in [1.165, 1.54) is 6.07 Å². The lowest BCUT2D eigenvalue weighted by molar-refractivity contribution is -0.0411. The number of hydrogen-bond acceptors (Lipinski definition) is 7. The first-order valence-electron chi connectivity index (χ1n) is 11.8. The second kappa shape index (κ2) is 9.12. The third-order valence-electron chi connectivity index (χ3n) is 6.63. The number of amides is 1. The van der Waals surface area contributed by atoms with Crippen molar-refractivity contribution in [1.82, 2.24) is 25.1 Å². The first-order valence-corrected chi connectivity index (χ1v) is 11.8. The van der Waals surface area contributed by atoms with Crippen molar-refractivity contribution in [2.45, 2.75) is 32.0 Å². The number of nitrogens with zero attached hydrogens (tertiary/aromatic N) is 4. The van der Waals surface area contributed by atoms with E-state index in [1.807, 2.05) is 12.1 Å². The zero-order valence-corrected chi connectivity index (χ0v) is 19.3. The molecule has 1 unspecified atom stereocenters. The molecule has 0 saturated carbocycles. The number of anilines is 1. The Hall–Kier alpha value is -4.18. The van der Waals surface area contributed by atoms with Gasteiger partial charge in [0.25, 0.3) is 11.5 Å². The van der Waals surface area contributed by atoms with E-state index in [9.17, 15) is 14.0 Å². The van der Waals surface area contributed by atoms with Crippen LogP contribution in [-0.2, 0) is 24.2 Å². The van der Waals surface area contributed by atoms with Crippen molar-refractivity contribution in [3.63, 3.8) is 0 Å². The maximum atomic E-state index is 14.8. The lowest BCUT2D eigenvalue weighted by atomic mass is 10.0. The molecule has 9 nitrogen and oxygen atoms in total. The molecule has 1 fully saturated rings. The molecule has 2 aliphatic heterocycles. The smallest absolute Gasteiger partial charge is 0.272 e. The summed E-state index contributed by atoms with van der Waals surface area (Å²) in [7, 11) is 0. The molecule has 1 amide bonds. The van der Waals surface area contributed by atoms with Crippen molar-refractivity contribution in [3.8, 4) is 0 Å². The standard InChI is InChI=1S/C26H23FN6O3/c27-21-6-5-15(10-22-18-3-1-2-4-19(18)24(34)32-31-22)9-20(21)25(35)33-13-16-11-28-26(30-23(16)14-33)29-12-17-7-8-36-17/h1-6,9,11,17H,7-8,10,12-14H2,(H,32,34)(H,28,29,30). The van der Waals surface area contributed by atoms with Gasteiger partial charge in [0, 0.05) is 43.3 Å². The van der Waals surface area contributed by atoms with Crippen LogP contribution < -0.4 is 10.9 Å². The number of aromatic amines is 1. The molecule has 4 aromatic rings. The van der Waals surface area contributed by atoms with E-state index >= 15 is 0 Å². The number of halogens is 1. The fourth-order valence-corrected chi connectivity index (χ4v) is 4.55. The van der Waals surface area contributed by atoms with Crippen LogP contribution in [0.25, 0.3) is 10.8 Å². The number of rotatable bonds is 6. The van der Waals surface area contributed by atoms with Gasteiger partial charge in [-0.1, -0.05) is 24.3 Å². The molecule has 2 aliphatic rings. The Labute approximate surface area is 205 Å². The number of ether oxygens (including phenoxy) is 1. The highest BCUT2D eigenvalue weighted by molar-refractivity contribution is 5.95. The molecule has 1 saturated heterocycles. The van der Waals surface area contributed by atoms with Crippen LogP contribution in [0.2, 0.25) is 0 Å². The fraction of sp³-hybridized carbons (Fsp3) is 0.269. The Morgan fingerprint density at radius 3 is 2.83 bits per heavy atom. The summed E-state index contributed by atoms with van der Waals surface area (Å²) in [6.45, 7) is 2.01. The van der Waals surface area contributed by atoms with E-state index in [0.717, 1.165) is 29.7 Å². The van der Waals surface area contributed by atoms with Crippen molar-refractivity contribution in [3.05, 3.63) is 92.9 Å². The summed E-state index contributed by atoms with van der Waals surface area (Å²) >= 11 is 0. The van der Waals surface area contributed by atoms with Crippen molar-refractivity contribution < 1.29 is 13.9 Å². The van der Waals surface area contributed by atoms with Crippen LogP contribution in [0.4, 0.5) is 10.3 Å². The predicted octanol–water partition coefficient (Wildman–Crippen LogP) is 2.80. The molecule has 0 radical (unpaired) electrons. The summed E-state index contributed by atoms with van der Waals surface area (Å²) in [5.74, 6) is -0.510. The zero-order chi connectivity index (χ0) is 24.6. The second-order valence-corrected chi connectivity index (χ2v) is 9.03. The van der Waals surface area contributed by atoms with Crippen LogP contribution >= 0.6 is 0 Å². The molecule has 2 aromatic heterocycles. The Kier molecular flexibility index (Phi) is 5.65. The summed E-state index contributed by atoms with van der Waals surface area (Å²) in [5.41, 5.74) is 2.67. The highest BCUT2D eigenvalue weighted by atomic mass is 19.1. The van der Waals surface area contributed by atoms with Crippen molar-refractivity contribution in [2.75, 3.05) is 18.5 Å². The molecule has 36 heavy (non-hydrogen) atoms. The number of nitrogens with one attached hydrogen (secondary N) is 2. The zero-order valence-electron chi connectivity index (χ0n) is 19.3. The van der Waals surface area contributed by atoms with Crippen LogP contribution in [0.15, 0.2) is 53.5 Å². The molecule has 4 heterocycles. The molecular weight excluding hydrogens is 463 g/mol. The highest BCUT2D eigenvalue weighted by Gasteiger charge is 2.28. The molecule has 0 bridgehead atoms. The quantitative estimate of drug-likeness (QED) is 0.431. The van der Waals surface area contributed by atoms with Gasteiger partial charge in [0.15, 0.2) is 0 Å². The summed E-state index contributed by atoms with van der Waals surface area (Å²) in [5, 5.41) is 11.1. The van der Waals surface area contributed by atoms with E-state index in [1.54, 1.807) is 35.4 Å². The van der Waals surface area contributed by atoms with Gasteiger partial charge in [0.1, 0.15) is 5.82 Å². The van der Waals surface area contributed by atoms with Gasteiger partial charge < -0.3 is 15.0 Å². The molecule has 0 spiro atoms. The van der Waals surface area contributed by atoms with Crippen LogP contribution in [0, 0.1) is 5.82 Å². The van der Waals surface area contributed by atoms with E-state index in [4.69, 9.17) is 4.74 Å². The van der Waals surface area contributed by atoms with E-state index in [0.29, 0.717) is 42.1 Å². The minimum Gasteiger partial charge on any atom is -0.376 e. The average Bonchev–Trinajstić information content (AvgIpc) is 3.29. The fourth-order valence-electron chi connectivity index (χ4n) is 4.55.